The van der Waals surface area contributed by atoms with Gasteiger partial charge < -0.3 is 23.8 Å². The van der Waals surface area contributed by atoms with Crippen LogP contribution < -0.4 is 4.74 Å². The van der Waals surface area contributed by atoms with E-state index in [0.29, 0.717) is 36.6 Å². The Kier molecular flexibility index (Phi) is 5.93. The zero-order valence-corrected chi connectivity index (χ0v) is 20.0. The Morgan fingerprint density at radius 1 is 1.34 bits per heavy atom. The maximum absolute atomic E-state index is 12.8. The van der Waals surface area contributed by atoms with E-state index in [2.05, 4.69) is 25.2 Å². The molecule has 1 fully saturated rings. The molecule has 13 heteroatoms. The van der Waals surface area contributed by atoms with E-state index in [1.807, 2.05) is 30.1 Å². The van der Waals surface area contributed by atoms with Gasteiger partial charge in [0.1, 0.15) is 18.3 Å². The van der Waals surface area contributed by atoms with Gasteiger partial charge >= 0.3 is 0 Å². The van der Waals surface area contributed by atoms with E-state index in [0.717, 1.165) is 23.6 Å². The molecule has 0 bridgehead atoms. The second-order valence-corrected chi connectivity index (χ2v) is 8.65. The van der Waals surface area contributed by atoms with Crippen LogP contribution in [0, 0.1) is 6.92 Å². The highest BCUT2D eigenvalue weighted by Gasteiger charge is 2.32. The summed E-state index contributed by atoms with van der Waals surface area (Å²) in [6.45, 7) is 7.27. The monoisotopic (exact) mass is 481 g/mol. The van der Waals surface area contributed by atoms with Crippen LogP contribution >= 0.6 is 0 Å². The van der Waals surface area contributed by atoms with Crippen LogP contribution in [0.25, 0.3) is 22.6 Å². The first-order valence-electron chi connectivity index (χ1n) is 11.5. The van der Waals surface area contributed by atoms with Crippen LogP contribution in [-0.2, 0) is 20.0 Å². The molecular formula is C22H27N9O4. The topological polar surface area (TPSA) is 150 Å². The van der Waals surface area contributed by atoms with Crippen molar-refractivity contribution >= 4 is 17.1 Å². The molecule has 2 atom stereocenters. The number of rotatable bonds is 7. The summed E-state index contributed by atoms with van der Waals surface area (Å²) in [5, 5.41) is 17.6. The van der Waals surface area contributed by atoms with Gasteiger partial charge in [-0.15, -0.1) is 0 Å². The summed E-state index contributed by atoms with van der Waals surface area (Å²) in [4.78, 5) is 32.0. The highest BCUT2D eigenvalue weighted by molar-refractivity contribution is 5.90. The fourth-order valence-corrected chi connectivity index (χ4v) is 4.28. The van der Waals surface area contributed by atoms with Crippen molar-refractivity contribution in [1.82, 2.24) is 44.3 Å². The maximum Gasteiger partial charge on any atom is 0.295 e. The molecule has 0 aliphatic carbocycles. The highest BCUT2D eigenvalue weighted by Crippen LogP contribution is 2.30. The number of aliphatic hydroxyl groups excluding tert-OH is 1. The number of likely N-dealkylation sites (tertiary alicyclic amines) is 1. The van der Waals surface area contributed by atoms with Gasteiger partial charge in [-0.1, -0.05) is 5.16 Å². The molecule has 0 spiro atoms. The molecule has 0 saturated carbocycles. The molecule has 4 aromatic rings. The number of aliphatic hydroxyl groups is 1. The van der Waals surface area contributed by atoms with Gasteiger partial charge in [0.05, 0.1) is 30.8 Å². The first-order chi connectivity index (χ1) is 16.9. The van der Waals surface area contributed by atoms with Crippen molar-refractivity contribution in [3.8, 4) is 17.3 Å². The number of imidazole rings is 1. The van der Waals surface area contributed by atoms with Gasteiger partial charge in [0.25, 0.3) is 11.7 Å². The molecule has 184 valence electrons. The minimum Gasteiger partial charge on any atom is -0.471 e. The van der Waals surface area contributed by atoms with Gasteiger partial charge in [-0.05, 0) is 20.8 Å². The minimum absolute atomic E-state index is 0.0249. The lowest BCUT2D eigenvalue weighted by atomic mass is 10.2. The molecule has 2 unspecified atom stereocenters. The third-order valence-corrected chi connectivity index (χ3v) is 6.11. The number of carbonyl (C=O) groups is 1. The van der Waals surface area contributed by atoms with Crippen LogP contribution in [0.3, 0.4) is 0 Å². The molecule has 5 heterocycles. The lowest BCUT2D eigenvalue weighted by Crippen LogP contribution is -2.31. The second-order valence-electron chi connectivity index (χ2n) is 8.65. The largest absolute Gasteiger partial charge is 0.471 e. The van der Waals surface area contributed by atoms with Gasteiger partial charge in [0.2, 0.25) is 11.8 Å². The van der Waals surface area contributed by atoms with E-state index in [9.17, 15) is 9.90 Å². The van der Waals surface area contributed by atoms with Crippen molar-refractivity contribution in [2.75, 3.05) is 13.1 Å². The maximum atomic E-state index is 12.8. The third kappa shape index (κ3) is 4.22. The van der Waals surface area contributed by atoms with Crippen LogP contribution in [-0.4, -0.2) is 80.7 Å². The fourth-order valence-electron chi connectivity index (χ4n) is 4.28. The lowest BCUT2D eigenvalue weighted by Gasteiger charge is -2.15. The van der Waals surface area contributed by atoms with Crippen molar-refractivity contribution in [2.24, 2.45) is 7.05 Å². The first-order valence-corrected chi connectivity index (χ1v) is 11.5. The molecule has 5 rings (SSSR count). The van der Waals surface area contributed by atoms with Crippen molar-refractivity contribution in [2.45, 2.75) is 52.4 Å². The summed E-state index contributed by atoms with van der Waals surface area (Å²) in [5.74, 6) is 0.965. The number of nitrogens with zero attached hydrogens (tertiary/aromatic N) is 9. The van der Waals surface area contributed by atoms with Gasteiger partial charge in [0.15, 0.2) is 11.2 Å². The summed E-state index contributed by atoms with van der Waals surface area (Å²) < 4.78 is 15.1. The van der Waals surface area contributed by atoms with Crippen LogP contribution in [0.5, 0.6) is 5.88 Å². The predicted octanol–water partition coefficient (Wildman–Crippen LogP) is 1.15. The molecule has 0 radical (unpaired) electrons. The Morgan fingerprint density at radius 3 is 2.91 bits per heavy atom. The summed E-state index contributed by atoms with van der Waals surface area (Å²) >= 11 is 0. The number of aryl methyl sites for hydroxylation is 2. The molecule has 13 nitrogen and oxygen atoms in total. The second kappa shape index (κ2) is 9.06. The van der Waals surface area contributed by atoms with Gasteiger partial charge in [0, 0.05) is 32.3 Å². The number of ether oxygens (including phenoxy) is 1. The molecule has 1 amide bonds. The van der Waals surface area contributed by atoms with E-state index in [1.54, 1.807) is 18.0 Å². The van der Waals surface area contributed by atoms with Gasteiger partial charge in [-0.25, -0.2) is 9.97 Å². The van der Waals surface area contributed by atoms with Crippen LogP contribution in [0.2, 0.25) is 0 Å². The molecule has 4 aromatic heterocycles. The predicted molar refractivity (Wildman–Crippen MR) is 123 cm³/mol. The molecule has 35 heavy (non-hydrogen) atoms. The Morgan fingerprint density at radius 2 is 2.17 bits per heavy atom. The first kappa shape index (κ1) is 22.9. The van der Waals surface area contributed by atoms with E-state index in [1.165, 1.54) is 6.33 Å². The Bertz CT molecular complexity index is 1370. The lowest BCUT2D eigenvalue weighted by molar-refractivity contribution is 0.0756. The minimum atomic E-state index is -0.633. The van der Waals surface area contributed by atoms with Gasteiger partial charge in [-0.3, -0.25) is 9.48 Å². The molecule has 1 aliphatic heterocycles. The average molecular weight is 482 g/mol. The zero-order chi connectivity index (χ0) is 24.7. The Hall–Kier alpha value is -3.87. The smallest absolute Gasteiger partial charge is 0.295 e. The average Bonchev–Trinajstić information content (AvgIpc) is 3.61. The number of fused-ring (bicyclic) bond motifs is 1. The Labute approximate surface area is 200 Å². The van der Waals surface area contributed by atoms with E-state index < -0.39 is 6.10 Å². The van der Waals surface area contributed by atoms with E-state index in [4.69, 9.17) is 14.2 Å². The van der Waals surface area contributed by atoms with Crippen molar-refractivity contribution < 1.29 is 19.2 Å². The van der Waals surface area contributed by atoms with Gasteiger partial charge in [-0.2, -0.15) is 15.1 Å². The van der Waals surface area contributed by atoms with Crippen molar-refractivity contribution in [3.05, 3.63) is 29.9 Å². The molecule has 0 aromatic carbocycles. The van der Waals surface area contributed by atoms with Crippen LogP contribution in [0.1, 0.15) is 42.5 Å². The quantitative estimate of drug-likeness (QED) is 0.407. The Balaban J connectivity index is 1.33. The van der Waals surface area contributed by atoms with Crippen LogP contribution in [0.4, 0.5) is 0 Å². The molecule has 1 saturated heterocycles. The van der Waals surface area contributed by atoms with Crippen molar-refractivity contribution in [3.63, 3.8) is 0 Å². The third-order valence-electron chi connectivity index (χ3n) is 6.11. The number of hydrogen-bond acceptors (Lipinski definition) is 10. The van der Waals surface area contributed by atoms with Crippen LogP contribution in [0.15, 0.2) is 17.0 Å². The number of amides is 1. The summed E-state index contributed by atoms with van der Waals surface area (Å²) in [6.07, 6.45) is 3.17. The molecular weight excluding hydrogens is 454 g/mol. The van der Waals surface area contributed by atoms with E-state index >= 15 is 0 Å². The highest BCUT2D eigenvalue weighted by atomic mass is 16.5. The number of carbonyl (C=O) groups excluding carboxylic acids is 1. The molecule has 1 aliphatic rings. The number of hydrogen-bond donors (Lipinski definition) is 1. The zero-order valence-electron chi connectivity index (χ0n) is 20.0. The van der Waals surface area contributed by atoms with E-state index in [-0.39, 0.29) is 30.1 Å². The number of aromatic nitrogens is 8. The summed E-state index contributed by atoms with van der Waals surface area (Å²) in [5.41, 5.74) is 3.15. The fraction of sp³-hybridized carbons (Fsp3) is 0.500. The summed E-state index contributed by atoms with van der Waals surface area (Å²) in [7, 11) is 1.90. The molecule has 1 N–H and O–H groups in total. The standard InChI is InChI=1S/C22H27N9O4/c1-5-31-13(3)15(9-25-31)19-27-17-20(29(19)4)23-11-24-21(17)34-14-6-7-30(10-14)22(33)18-26-16(35-28-18)8-12(2)32/h9,11-12,14,32H,5-8,10H2,1-4H3. The summed E-state index contributed by atoms with van der Waals surface area (Å²) in [6, 6.07) is 0. The normalized spacial score (nSPS) is 16.8. The SMILES string of the molecule is CCn1ncc(-c2nc3c(OC4CCN(C(=O)c5noc(CC(C)O)n5)C4)ncnc3n2C)c1C. The van der Waals surface area contributed by atoms with Crippen molar-refractivity contribution in [1.29, 1.82) is 0 Å².